The first-order valence-corrected chi connectivity index (χ1v) is 5.60. The standard InChI is InChI=1S/C12H17FN2/c13-12(11-3-7-15-8-4-11)9-10-1-5-14-6-2-10/h1-2,5-6,11-12,15H,3-4,7-9H2. The zero-order chi connectivity index (χ0) is 10.5. The zero-order valence-corrected chi connectivity index (χ0v) is 8.82. The van der Waals surface area contributed by atoms with Crippen LogP contribution in [0, 0.1) is 5.92 Å². The zero-order valence-electron chi connectivity index (χ0n) is 8.82. The quantitative estimate of drug-likeness (QED) is 0.821. The highest BCUT2D eigenvalue weighted by atomic mass is 19.1. The molecule has 1 atom stereocenters. The predicted molar refractivity (Wildman–Crippen MR) is 58.4 cm³/mol. The minimum atomic E-state index is -0.700. The maximum Gasteiger partial charge on any atom is 0.107 e. The highest BCUT2D eigenvalue weighted by Crippen LogP contribution is 2.21. The van der Waals surface area contributed by atoms with Crippen molar-refractivity contribution in [3.63, 3.8) is 0 Å². The second-order valence-corrected chi connectivity index (χ2v) is 4.16. The number of halogens is 1. The van der Waals surface area contributed by atoms with Gasteiger partial charge >= 0.3 is 0 Å². The highest BCUT2D eigenvalue weighted by molar-refractivity contribution is 5.11. The second kappa shape index (κ2) is 5.21. The summed E-state index contributed by atoms with van der Waals surface area (Å²) in [7, 11) is 0. The largest absolute Gasteiger partial charge is 0.317 e. The van der Waals surface area contributed by atoms with Crippen molar-refractivity contribution in [1.82, 2.24) is 10.3 Å². The molecule has 0 saturated carbocycles. The fourth-order valence-corrected chi connectivity index (χ4v) is 2.12. The number of nitrogens with zero attached hydrogens (tertiary/aromatic N) is 1. The molecule has 0 aromatic carbocycles. The Labute approximate surface area is 89.9 Å². The van der Waals surface area contributed by atoms with Gasteiger partial charge in [-0.3, -0.25) is 4.98 Å². The summed E-state index contributed by atoms with van der Waals surface area (Å²) in [6.45, 7) is 1.92. The van der Waals surface area contributed by atoms with Gasteiger partial charge in [0.05, 0.1) is 0 Å². The molecule has 1 fully saturated rings. The van der Waals surface area contributed by atoms with Crippen LogP contribution in [0.1, 0.15) is 18.4 Å². The van der Waals surface area contributed by atoms with Gasteiger partial charge in [-0.15, -0.1) is 0 Å². The number of rotatable bonds is 3. The molecule has 2 heterocycles. The van der Waals surface area contributed by atoms with Gasteiger partial charge in [0.2, 0.25) is 0 Å². The molecular weight excluding hydrogens is 191 g/mol. The van der Waals surface area contributed by atoms with Crippen LogP contribution in [0.25, 0.3) is 0 Å². The molecule has 1 aromatic rings. The molecule has 1 N–H and O–H groups in total. The van der Waals surface area contributed by atoms with Crippen LogP contribution in [-0.4, -0.2) is 24.2 Å². The third kappa shape index (κ3) is 2.99. The van der Waals surface area contributed by atoms with Gasteiger partial charge in [-0.1, -0.05) is 0 Å². The third-order valence-corrected chi connectivity index (χ3v) is 3.08. The van der Waals surface area contributed by atoms with Gasteiger partial charge in [-0.2, -0.15) is 0 Å². The fourth-order valence-electron chi connectivity index (χ4n) is 2.12. The molecular formula is C12H17FN2. The Balaban J connectivity index is 1.88. The van der Waals surface area contributed by atoms with Crippen molar-refractivity contribution in [2.75, 3.05) is 13.1 Å². The number of alkyl halides is 1. The van der Waals surface area contributed by atoms with Crippen LogP contribution in [0.3, 0.4) is 0 Å². The molecule has 0 radical (unpaired) electrons. The van der Waals surface area contributed by atoms with Crippen molar-refractivity contribution in [2.45, 2.75) is 25.4 Å². The summed E-state index contributed by atoms with van der Waals surface area (Å²) in [4.78, 5) is 3.93. The maximum absolute atomic E-state index is 13.9. The minimum absolute atomic E-state index is 0.236. The molecule has 0 amide bonds. The van der Waals surface area contributed by atoms with Gasteiger partial charge in [0.15, 0.2) is 0 Å². The third-order valence-electron chi connectivity index (χ3n) is 3.08. The summed E-state index contributed by atoms with van der Waals surface area (Å²) in [6, 6.07) is 3.79. The predicted octanol–water partition coefficient (Wildman–Crippen LogP) is 1.96. The van der Waals surface area contributed by atoms with E-state index >= 15 is 0 Å². The SMILES string of the molecule is FC(Cc1ccncc1)C1CCNCC1. The fraction of sp³-hybridized carbons (Fsp3) is 0.583. The Hall–Kier alpha value is -0.960. The summed E-state index contributed by atoms with van der Waals surface area (Å²) in [6.07, 6.45) is 5.22. The Morgan fingerprint density at radius 1 is 1.33 bits per heavy atom. The van der Waals surface area contributed by atoms with Gasteiger partial charge in [-0.25, -0.2) is 4.39 Å². The van der Waals surface area contributed by atoms with Gasteiger partial charge < -0.3 is 5.32 Å². The van der Waals surface area contributed by atoms with Crippen LogP contribution in [0.2, 0.25) is 0 Å². The molecule has 0 spiro atoms. The lowest BCUT2D eigenvalue weighted by atomic mass is 9.90. The van der Waals surface area contributed by atoms with E-state index in [0.29, 0.717) is 6.42 Å². The summed E-state index contributed by atoms with van der Waals surface area (Å²) >= 11 is 0. The van der Waals surface area contributed by atoms with E-state index < -0.39 is 6.17 Å². The van der Waals surface area contributed by atoms with Crippen molar-refractivity contribution in [1.29, 1.82) is 0 Å². The molecule has 3 heteroatoms. The molecule has 0 bridgehead atoms. The van der Waals surface area contributed by atoms with Gasteiger partial charge in [-0.05, 0) is 49.5 Å². The summed E-state index contributed by atoms with van der Waals surface area (Å²) in [5, 5.41) is 3.26. The molecule has 1 aromatic heterocycles. The van der Waals surface area contributed by atoms with Crippen LogP contribution >= 0.6 is 0 Å². The van der Waals surface area contributed by atoms with E-state index in [2.05, 4.69) is 10.3 Å². The van der Waals surface area contributed by atoms with Crippen LogP contribution in [0.15, 0.2) is 24.5 Å². The first kappa shape index (κ1) is 10.6. The molecule has 1 aliphatic rings. The lowest BCUT2D eigenvalue weighted by Crippen LogP contribution is -2.33. The Bertz CT molecular complexity index is 283. The van der Waals surface area contributed by atoms with Crippen LogP contribution in [-0.2, 0) is 6.42 Å². The van der Waals surface area contributed by atoms with Crippen molar-refractivity contribution in [3.05, 3.63) is 30.1 Å². The normalized spacial score (nSPS) is 20.1. The van der Waals surface area contributed by atoms with Gasteiger partial charge in [0, 0.05) is 18.8 Å². The van der Waals surface area contributed by atoms with E-state index in [9.17, 15) is 4.39 Å². The van der Waals surface area contributed by atoms with E-state index in [0.717, 1.165) is 31.5 Å². The Kier molecular flexibility index (Phi) is 3.67. The second-order valence-electron chi connectivity index (χ2n) is 4.16. The van der Waals surface area contributed by atoms with Gasteiger partial charge in [0.1, 0.15) is 6.17 Å². The molecule has 15 heavy (non-hydrogen) atoms. The van der Waals surface area contributed by atoms with Crippen molar-refractivity contribution in [2.24, 2.45) is 5.92 Å². The average Bonchev–Trinajstić information content (AvgIpc) is 2.31. The van der Waals surface area contributed by atoms with Crippen LogP contribution in [0.4, 0.5) is 4.39 Å². The summed E-state index contributed by atoms with van der Waals surface area (Å²) in [5.74, 6) is 0.236. The van der Waals surface area contributed by atoms with Crippen molar-refractivity contribution in [3.8, 4) is 0 Å². The van der Waals surface area contributed by atoms with E-state index in [1.165, 1.54) is 0 Å². The lowest BCUT2D eigenvalue weighted by molar-refractivity contribution is 0.187. The number of pyridine rings is 1. The first-order valence-electron chi connectivity index (χ1n) is 5.60. The minimum Gasteiger partial charge on any atom is -0.317 e. The summed E-state index contributed by atoms with van der Waals surface area (Å²) < 4.78 is 13.9. The highest BCUT2D eigenvalue weighted by Gasteiger charge is 2.22. The maximum atomic E-state index is 13.9. The first-order chi connectivity index (χ1) is 7.36. The smallest absolute Gasteiger partial charge is 0.107 e. The van der Waals surface area contributed by atoms with Crippen LogP contribution in [0.5, 0.6) is 0 Å². The lowest BCUT2D eigenvalue weighted by Gasteiger charge is -2.25. The van der Waals surface area contributed by atoms with Crippen molar-refractivity contribution >= 4 is 0 Å². The molecule has 2 rings (SSSR count). The molecule has 82 valence electrons. The van der Waals surface area contributed by atoms with Gasteiger partial charge in [0.25, 0.3) is 0 Å². The number of piperidine rings is 1. The molecule has 0 aliphatic carbocycles. The Morgan fingerprint density at radius 2 is 2.00 bits per heavy atom. The average molecular weight is 208 g/mol. The monoisotopic (exact) mass is 208 g/mol. The van der Waals surface area contributed by atoms with Crippen LogP contribution < -0.4 is 5.32 Å². The molecule has 1 aliphatic heterocycles. The number of aromatic nitrogens is 1. The number of nitrogens with one attached hydrogen (secondary N) is 1. The molecule has 1 unspecified atom stereocenters. The topological polar surface area (TPSA) is 24.9 Å². The Morgan fingerprint density at radius 3 is 2.67 bits per heavy atom. The van der Waals surface area contributed by atoms with E-state index in [-0.39, 0.29) is 5.92 Å². The summed E-state index contributed by atoms with van der Waals surface area (Å²) in [5.41, 5.74) is 1.05. The number of hydrogen-bond acceptors (Lipinski definition) is 2. The molecule has 1 saturated heterocycles. The van der Waals surface area contributed by atoms with E-state index in [1.54, 1.807) is 12.4 Å². The van der Waals surface area contributed by atoms with Crippen molar-refractivity contribution < 1.29 is 4.39 Å². The molecule has 2 nitrogen and oxygen atoms in total. The number of hydrogen-bond donors (Lipinski definition) is 1. The van der Waals surface area contributed by atoms with E-state index in [1.807, 2.05) is 12.1 Å². The van der Waals surface area contributed by atoms with E-state index in [4.69, 9.17) is 0 Å².